The summed E-state index contributed by atoms with van der Waals surface area (Å²) in [7, 11) is 1.72. The van der Waals surface area contributed by atoms with E-state index in [2.05, 4.69) is 43.4 Å². The molecular weight excluding hydrogens is 238 g/mol. The molecule has 1 aromatic rings. The van der Waals surface area contributed by atoms with Gasteiger partial charge >= 0.3 is 0 Å². The second-order valence-electron chi connectivity index (χ2n) is 4.61. The van der Waals surface area contributed by atoms with Gasteiger partial charge in [0.2, 0.25) is 0 Å². The van der Waals surface area contributed by atoms with Crippen LogP contribution in [0.2, 0.25) is 0 Å². The van der Waals surface area contributed by atoms with Crippen LogP contribution in [-0.2, 0) is 9.47 Å². The standard InChI is InChI=1S/C16H27NO2/c1-4-15(19-13-9-12-18-3)16(17-5-2)14-10-7-6-8-11-14/h6-8,10-11,15-17H,4-5,9,12-13H2,1-3H3. The van der Waals surface area contributed by atoms with Crippen LogP contribution >= 0.6 is 0 Å². The van der Waals surface area contributed by atoms with Crippen molar-refractivity contribution >= 4 is 0 Å². The van der Waals surface area contributed by atoms with E-state index in [4.69, 9.17) is 9.47 Å². The normalized spacial score (nSPS) is 14.3. The minimum Gasteiger partial charge on any atom is -0.385 e. The number of benzene rings is 1. The highest BCUT2D eigenvalue weighted by Crippen LogP contribution is 2.21. The third-order valence-corrected chi connectivity index (χ3v) is 3.18. The summed E-state index contributed by atoms with van der Waals surface area (Å²) >= 11 is 0. The molecule has 0 amide bonds. The van der Waals surface area contributed by atoms with Gasteiger partial charge in [-0.2, -0.15) is 0 Å². The summed E-state index contributed by atoms with van der Waals surface area (Å²) in [5, 5.41) is 3.53. The van der Waals surface area contributed by atoms with Gasteiger partial charge in [-0.15, -0.1) is 0 Å². The van der Waals surface area contributed by atoms with Gasteiger partial charge in [-0.1, -0.05) is 44.2 Å². The summed E-state index contributed by atoms with van der Waals surface area (Å²) in [6.45, 7) is 6.76. The van der Waals surface area contributed by atoms with E-state index >= 15 is 0 Å². The molecule has 0 aromatic heterocycles. The monoisotopic (exact) mass is 265 g/mol. The maximum atomic E-state index is 6.02. The molecule has 108 valence electrons. The SMILES string of the molecule is CCNC(c1ccccc1)C(CC)OCCCOC. The number of nitrogens with one attached hydrogen (secondary N) is 1. The zero-order valence-electron chi connectivity index (χ0n) is 12.4. The smallest absolute Gasteiger partial charge is 0.0767 e. The van der Waals surface area contributed by atoms with Gasteiger partial charge in [0.05, 0.1) is 12.1 Å². The largest absolute Gasteiger partial charge is 0.385 e. The first kappa shape index (κ1) is 16.2. The van der Waals surface area contributed by atoms with Crippen LogP contribution in [-0.4, -0.2) is 33.0 Å². The van der Waals surface area contributed by atoms with Crippen molar-refractivity contribution in [1.29, 1.82) is 0 Å². The Morgan fingerprint density at radius 1 is 1.11 bits per heavy atom. The van der Waals surface area contributed by atoms with Crippen LogP contribution in [0.25, 0.3) is 0 Å². The van der Waals surface area contributed by atoms with Crippen LogP contribution in [0.3, 0.4) is 0 Å². The fourth-order valence-electron chi connectivity index (χ4n) is 2.23. The van der Waals surface area contributed by atoms with Crippen LogP contribution in [0, 0.1) is 0 Å². The van der Waals surface area contributed by atoms with Crippen molar-refractivity contribution in [2.75, 3.05) is 26.9 Å². The number of hydrogen-bond acceptors (Lipinski definition) is 3. The molecule has 0 heterocycles. The average molecular weight is 265 g/mol. The van der Waals surface area contributed by atoms with Crippen LogP contribution < -0.4 is 5.32 Å². The predicted molar refractivity (Wildman–Crippen MR) is 79.4 cm³/mol. The van der Waals surface area contributed by atoms with E-state index < -0.39 is 0 Å². The third kappa shape index (κ3) is 5.72. The van der Waals surface area contributed by atoms with Gasteiger partial charge in [-0.3, -0.25) is 0 Å². The maximum absolute atomic E-state index is 6.02. The molecule has 3 heteroatoms. The highest BCUT2D eigenvalue weighted by molar-refractivity contribution is 5.20. The number of likely N-dealkylation sites (N-methyl/N-ethyl adjacent to an activating group) is 1. The van der Waals surface area contributed by atoms with E-state index in [9.17, 15) is 0 Å². The summed E-state index contributed by atoms with van der Waals surface area (Å²) < 4.78 is 11.1. The Labute approximate surface area is 117 Å². The fourth-order valence-corrected chi connectivity index (χ4v) is 2.23. The van der Waals surface area contributed by atoms with Gasteiger partial charge in [0.15, 0.2) is 0 Å². The molecule has 0 aliphatic heterocycles. The van der Waals surface area contributed by atoms with E-state index in [1.165, 1.54) is 5.56 Å². The molecule has 0 fully saturated rings. The van der Waals surface area contributed by atoms with E-state index in [1.54, 1.807) is 7.11 Å². The van der Waals surface area contributed by atoms with Crippen LogP contribution in [0.4, 0.5) is 0 Å². The molecule has 0 bridgehead atoms. The van der Waals surface area contributed by atoms with Crippen molar-refractivity contribution in [3.05, 3.63) is 35.9 Å². The Balaban J connectivity index is 2.61. The minimum absolute atomic E-state index is 0.208. The van der Waals surface area contributed by atoms with Gasteiger partial charge in [0, 0.05) is 20.3 Å². The molecule has 1 rings (SSSR count). The van der Waals surface area contributed by atoms with E-state index in [1.807, 2.05) is 6.07 Å². The molecule has 1 aromatic carbocycles. The highest BCUT2D eigenvalue weighted by Gasteiger charge is 2.21. The lowest BCUT2D eigenvalue weighted by Gasteiger charge is -2.27. The molecule has 19 heavy (non-hydrogen) atoms. The first-order chi connectivity index (χ1) is 9.33. The number of rotatable bonds is 10. The highest BCUT2D eigenvalue weighted by atomic mass is 16.5. The zero-order valence-corrected chi connectivity index (χ0v) is 12.4. The van der Waals surface area contributed by atoms with Gasteiger partial charge in [-0.25, -0.2) is 0 Å². The van der Waals surface area contributed by atoms with E-state index in [0.717, 1.165) is 32.6 Å². The summed E-state index contributed by atoms with van der Waals surface area (Å²) in [5.74, 6) is 0. The summed E-state index contributed by atoms with van der Waals surface area (Å²) in [5.41, 5.74) is 1.29. The van der Waals surface area contributed by atoms with E-state index in [0.29, 0.717) is 0 Å². The lowest BCUT2D eigenvalue weighted by molar-refractivity contribution is 0.0138. The van der Waals surface area contributed by atoms with Gasteiger partial charge < -0.3 is 14.8 Å². The lowest BCUT2D eigenvalue weighted by atomic mass is 9.99. The van der Waals surface area contributed by atoms with Crippen molar-refractivity contribution in [2.45, 2.75) is 38.8 Å². The molecule has 0 aliphatic carbocycles. The Morgan fingerprint density at radius 2 is 1.84 bits per heavy atom. The fraction of sp³-hybridized carbons (Fsp3) is 0.625. The van der Waals surface area contributed by atoms with Gasteiger partial charge in [-0.05, 0) is 24.9 Å². The molecule has 0 saturated heterocycles. The van der Waals surface area contributed by atoms with Crippen molar-refractivity contribution in [3.8, 4) is 0 Å². The third-order valence-electron chi connectivity index (χ3n) is 3.18. The minimum atomic E-state index is 0.208. The predicted octanol–water partition coefficient (Wildman–Crippen LogP) is 3.17. The molecule has 3 nitrogen and oxygen atoms in total. The van der Waals surface area contributed by atoms with Crippen LogP contribution in [0.1, 0.15) is 38.3 Å². The first-order valence-corrected chi connectivity index (χ1v) is 7.22. The molecule has 1 N–H and O–H groups in total. The summed E-state index contributed by atoms with van der Waals surface area (Å²) in [6, 6.07) is 10.8. The molecule has 0 saturated carbocycles. The molecule has 2 atom stereocenters. The Bertz CT molecular complexity index is 316. The maximum Gasteiger partial charge on any atom is 0.0767 e. The molecule has 2 unspecified atom stereocenters. The number of ether oxygens (including phenoxy) is 2. The number of hydrogen-bond donors (Lipinski definition) is 1. The quantitative estimate of drug-likeness (QED) is 0.659. The molecule has 0 aliphatic rings. The molecular formula is C16H27NO2. The van der Waals surface area contributed by atoms with Gasteiger partial charge in [0.25, 0.3) is 0 Å². The summed E-state index contributed by atoms with van der Waals surface area (Å²) in [4.78, 5) is 0. The number of methoxy groups -OCH3 is 1. The van der Waals surface area contributed by atoms with E-state index in [-0.39, 0.29) is 12.1 Å². The second-order valence-corrected chi connectivity index (χ2v) is 4.61. The summed E-state index contributed by atoms with van der Waals surface area (Å²) in [6.07, 6.45) is 2.15. The Kier molecular flexibility index (Phi) is 8.47. The van der Waals surface area contributed by atoms with Crippen LogP contribution in [0.15, 0.2) is 30.3 Å². The van der Waals surface area contributed by atoms with Crippen molar-refractivity contribution < 1.29 is 9.47 Å². The topological polar surface area (TPSA) is 30.5 Å². The molecule has 0 spiro atoms. The Hall–Kier alpha value is -0.900. The second kappa shape index (κ2) is 9.96. The molecule has 0 radical (unpaired) electrons. The van der Waals surface area contributed by atoms with Crippen molar-refractivity contribution in [2.24, 2.45) is 0 Å². The zero-order chi connectivity index (χ0) is 13.9. The first-order valence-electron chi connectivity index (χ1n) is 7.22. The lowest BCUT2D eigenvalue weighted by Crippen LogP contribution is -2.33. The van der Waals surface area contributed by atoms with Crippen molar-refractivity contribution in [3.63, 3.8) is 0 Å². The van der Waals surface area contributed by atoms with Gasteiger partial charge in [0.1, 0.15) is 0 Å². The average Bonchev–Trinajstić information content (AvgIpc) is 2.47. The van der Waals surface area contributed by atoms with Crippen molar-refractivity contribution in [1.82, 2.24) is 5.32 Å². The Morgan fingerprint density at radius 3 is 2.42 bits per heavy atom. The van der Waals surface area contributed by atoms with Crippen LogP contribution in [0.5, 0.6) is 0 Å².